The molecule has 134 valence electrons. The standard InChI is InChI=1S/C18H18Cl2O5/c1-22-10-11-24-18(21)8-9-23-14-3-5-15(6-4-14)25-17-7-2-13(19)12-16(17)20/h2-7,12H,8-11H2,1H3. The Morgan fingerprint density at radius 3 is 2.36 bits per heavy atom. The zero-order valence-electron chi connectivity index (χ0n) is 13.7. The Bertz CT molecular complexity index is 688. The minimum atomic E-state index is -0.325. The molecule has 0 bridgehead atoms. The van der Waals surface area contributed by atoms with Crippen molar-refractivity contribution in [2.45, 2.75) is 6.42 Å². The third-order valence-electron chi connectivity index (χ3n) is 3.07. The van der Waals surface area contributed by atoms with E-state index in [-0.39, 0.29) is 25.6 Å². The topological polar surface area (TPSA) is 54.0 Å². The molecule has 0 atom stereocenters. The second-order valence-corrected chi connectivity index (χ2v) is 5.80. The third-order valence-corrected chi connectivity index (χ3v) is 3.60. The molecule has 0 radical (unpaired) electrons. The van der Waals surface area contributed by atoms with Gasteiger partial charge in [-0.1, -0.05) is 23.2 Å². The molecule has 0 unspecified atom stereocenters. The van der Waals surface area contributed by atoms with Gasteiger partial charge in [0.25, 0.3) is 0 Å². The predicted molar refractivity (Wildman–Crippen MR) is 95.9 cm³/mol. The van der Waals surface area contributed by atoms with Gasteiger partial charge in [0, 0.05) is 12.1 Å². The SMILES string of the molecule is COCCOC(=O)CCOc1ccc(Oc2ccc(Cl)cc2Cl)cc1. The van der Waals surface area contributed by atoms with E-state index in [1.165, 1.54) is 0 Å². The number of halogens is 2. The molecule has 0 fully saturated rings. The summed E-state index contributed by atoms with van der Waals surface area (Å²) in [6, 6.07) is 12.0. The van der Waals surface area contributed by atoms with Crippen LogP contribution in [0.25, 0.3) is 0 Å². The van der Waals surface area contributed by atoms with E-state index in [4.69, 9.17) is 42.1 Å². The highest BCUT2D eigenvalue weighted by Gasteiger charge is 2.06. The normalized spacial score (nSPS) is 10.4. The molecule has 7 heteroatoms. The Labute approximate surface area is 156 Å². The van der Waals surface area contributed by atoms with Gasteiger partial charge in [-0.2, -0.15) is 0 Å². The number of esters is 1. The van der Waals surface area contributed by atoms with E-state index >= 15 is 0 Å². The summed E-state index contributed by atoms with van der Waals surface area (Å²) in [5.41, 5.74) is 0. The fraction of sp³-hybridized carbons (Fsp3) is 0.278. The first-order valence-electron chi connectivity index (χ1n) is 7.59. The molecule has 0 aliphatic carbocycles. The van der Waals surface area contributed by atoms with Gasteiger partial charge in [0.2, 0.25) is 0 Å². The van der Waals surface area contributed by atoms with Crippen molar-refractivity contribution in [3.63, 3.8) is 0 Å². The molecule has 2 rings (SSSR count). The summed E-state index contributed by atoms with van der Waals surface area (Å²) < 4.78 is 20.9. The lowest BCUT2D eigenvalue weighted by Crippen LogP contribution is -2.12. The molecule has 0 saturated carbocycles. The molecule has 25 heavy (non-hydrogen) atoms. The summed E-state index contributed by atoms with van der Waals surface area (Å²) in [5, 5.41) is 0.974. The average Bonchev–Trinajstić information content (AvgIpc) is 2.59. The first kappa shape index (κ1) is 19.4. The Morgan fingerprint density at radius 2 is 1.68 bits per heavy atom. The number of hydrogen-bond acceptors (Lipinski definition) is 5. The van der Waals surface area contributed by atoms with Crippen LogP contribution < -0.4 is 9.47 Å². The number of benzene rings is 2. The fourth-order valence-electron chi connectivity index (χ4n) is 1.85. The van der Waals surface area contributed by atoms with Crippen molar-refractivity contribution in [1.29, 1.82) is 0 Å². The van der Waals surface area contributed by atoms with Crippen molar-refractivity contribution in [2.24, 2.45) is 0 Å². The monoisotopic (exact) mass is 384 g/mol. The van der Waals surface area contributed by atoms with Crippen LogP contribution >= 0.6 is 23.2 Å². The number of carbonyl (C=O) groups is 1. The van der Waals surface area contributed by atoms with Crippen molar-refractivity contribution in [2.75, 3.05) is 26.9 Å². The van der Waals surface area contributed by atoms with Gasteiger partial charge < -0.3 is 18.9 Å². The molecule has 2 aromatic rings. The number of carbonyl (C=O) groups excluding carboxylic acids is 1. The van der Waals surface area contributed by atoms with Gasteiger partial charge in [0.1, 0.15) is 23.9 Å². The molecular formula is C18H18Cl2O5. The average molecular weight is 385 g/mol. The predicted octanol–water partition coefficient (Wildman–Crippen LogP) is 4.74. The van der Waals surface area contributed by atoms with Crippen molar-refractivity contribution in [3.05, 3.63) is 52.5 Å². The van der Waals surface area contributed by atoms with Crippen LogP contribution in [0.2, 0.25) is 10.0 Å². The maximum Gasteiger partial charge on any atom is 0.309 e. The molecule has 0 amide bonds. The van der Waals surface area contributed by atoms with Crippen molar-refractivity contribution < 1.29 is 23.7 Å². The number of hydrogen-bond donors (Lipinski definition) is 0. The third kappa shape index (κ3) is 6.82. The summed E-state index contributed by atoms with van der Waals surface area (Å²) >= 11 is 11.9. The Balaban J connectivity index is 1.78. The molecule has 5 nitrogen and oxygen atoms in total. The zero-order chi connectivity index (χ0) is 18.1. The largest absolute Gasteiger partial charge is 0.493 e. The minimum Gasteiger partial charge on any atom is -0.493 e. The van der Waals surface area contributed by atoms with Gasteiger partial charge >= 0.3 is 5.97 Å². The quantitative estimate of drug-likeness (QED) is 0.461. The Morgan fingerprint density at radius 1 is 0.960 bits per heavy atom. The van der Waals surface area contributed by atoms with E-state index in [0.717, 1.165) is 0 Å². The lowest BCUT2D eigenvalue weighted by molar-refractivity contribution is -0.145. The van der Waals surface area contributed by atoms with Crippen molar-refractivity contribution in [1.82, 2.24) is 0 Å². The highest BCUT2D eigenvalue weighted by Crippen LogP contribution is 2.32. The van der Waals surface area contributed by atoms with E-state index < -0.39 is 0 Å². The maximum absolute atomic E-state index is 11.4. The number of methoxy groups -OCH3 is 1. The van der Waals surface area contributed by atoms with Crippen LogP contribution in [0.5, 0.6) is 17.2 Å². The van der Waals surface area contributed by atoms with Crippen LogP contribution in [0.15, 0.2) is 42.5 Å². The first-order valence-corrected chi connectivity index (χ1v) is 8.34. The molecule has 0 aliphatic heterocycles. The Hall–Kier alpha value is -1.95. The molecule has 2 aromatic carbocycles. The van der Waals surface area contributed by atoms with Crippen LogP contribution in [0, 0.1) is 0 Å². The molecule has 0 spiro atoms. The molecule has 0 aliphatic rings. The molecule has 0 N–H and O–H groups in total. The van der Waals surface area contributed by atoms with Crippen LogP contribution in [0.3, 0.4) is 0 Å². The second-order valence-electron chi connectivity index (χ2n) is 4.96. The van der Waals surface area contributed by atoms with E-state index in [1.54, 1.807) is 49.6 Å². The molecule has 0 aromatic heterocycles. The van der Waals surface area contributed by atoms with Gasteiger partial charge in [-0.05, 0) is 42.5 Å². The van der Waals surface area contributed by atoms with Crippen LogP contribution in [0.4, 0.5) is 0 Å². The second kappa shape index (κ2) is 10.1. The fourth-order valence-corrected chi connectivity index (χ4v) is 2.30. The summed E-state index contributed by atoms with van der Waals surface area (Å²) in [5.74, 6) is 1.42. The highest BCUT2D eigenvalue weighted by molar-refractivity contribution is 6.35. The van der Waals surface area contributed by atoms with E-state index in [1.807, 2.05) is 0 Å². The number of ether oxygens (including phenoxy) is 4. The lowest BCUT2D eigenvalue weighted by atomic mass is 10.3. The van der Waals surface area contributed by atoms with E-state index in [2.05, 4.69) is 0 Å². The van der Waals surface area contributed by atoms with Gasteiger partial charge in [-0.25, -0.2) is 0 Å². The molecular weight excluding hydrogens is 367 g/mol. The summed E-state index contributed by atoms with van der Waals surface area (Å²) in [4.78, 5) is 11.4. The van der Waals surface area contributed by atoms with Crippen LogP contribution in [0.1, 0.15) is 6.42 Å². The first-order chi connectivity index (χ1) is 12.1. The van der Waals surface area contributed by atoms with Crippen molar-refractivity contribution in [3.8, 4) is 17.2 Å². The summed E-state index contributed by atoms with van der Waals surface area (Å²) in [6.45, 7) is 0.857. The van der Waals surface area contributed by atoms with Gasteiger partial charge in [-0.3, -0.25) is 4.79 Å². The van der Waals surface area contributed by atoms with Gasteiger partial charge in [0.15, 0.2) is 0 Å². The molecule has 0 saturated heterocycles. The maximum atomic E-state index is 11.4. The van der Waals surface area contributed by atoms with E-state index in [9.17, 15) is 4.79 Å². The number of rotatable bonds is 9. The lowest BCUT2D eigenvalue weighted by Gasteiger charge is -2.10. The molecule has 0 heterocycles. The van der Waals surface area contributed by atoms with Crippen LogP contribution in [-0.2, 0) is 14.3 Å². The summed E-state index contributed by atoms with van der Waals surface area (Å²) in [7, 11) is 1.55. The zero-order valence-corrected chi connectivity index (χ0v) is 15.2. The van der Waals surface area contributed by atoms with Crippen LogP contribution in [-0.4, -0.2) is 32.9 Å². The van der Waals surface area contributed by atoms with Gasteiger partial charge in [0.05, 0.1) is 24.7 Å². The van der Waals surface area contributed by atoms with Gasteiger partial charge in [-0.15, -0.1) is 0 Å². The Kier molecular flexibility index (Phi) is 7.85. The van der Waals surface area contributed by atoms with Crippen molar-refractivity contribution >= 4 is 29.2 Å². The highest BCUT2D eigenvalue weighted by atomic mass is 35.5. The smallest absolute Gasteiger partial charge is 0.309 e. The van der Waals surface area contributed by atoms with E-state index in [0.29, 0.717) is 33.9 Å². The minimum absolute atomic E-state index is 0.169. The summed E-state index contributed by atoms with van der Waals surface area (Å²) in [6.07, 6.45) is 0.169.